The smallest absolute Gasteiger partial charge is 0.224 e. The van der Waals surface area contributed by atoms with E-state index < -0.39 is 6.04 Å². The van der Waals surface area contributed by atoms with Crippen molar-refractivity contribution in [2.45, 2.75) is 58.4 Å². The van der Waals surface area contributed by atoms with Gasteiger partial charge in [-0.05, 0) is 24.5 Å². The summed E-state index contributed by atoms with van der Waals surface area (Å²) in [7, 11) is 0. The summed E-state index contributed by atoms with van der Waals surface area (Å²) in [5, 5.41) is 23.1. The molecule has 1 unspecified atom stereocenters. The highest BCUT2D eigenvalue weighted by molar-refractivity contribution is 9.10. The standard InChI is InChI=1S/C21H31BrN2O3/c1-3-5-8-15(7-4-2)11-20(27)23-18-12-24(16(13-25)14-26)19-10-6-9-17(22)21(18)19/h6,9-10,12,15-16,25-26H,3-5,7-8,11,13-14H2,1-2H3,(H,23,27). The van der Waals surface area contributed by atoms with Crippen molar-refractivity contribution in [1.29, 1.82) is 0 Å². The molecule has 0 aliphatic rings. The van der Waals surface area contributed by atoms with Crippen LogP contribution in [0.2, 0.25) is 0 Å². The summed E-state index contributed by atoms with van der Waals surface area (Å²) in [6.07, 6.45) is 7.86. The predicted molar refractivity (Wildman–Crippen MR) is 114 cm³/mol. The number of halogens is 1. The number of hydrogen-bond acceptors (Lipinski definition) is 3. The van der Waals surface area contributed by atoms with Crippen LogP contribution in [0.25, 0.3) is 10.9 Å². The van der Waals surface area contributed by atoms with Gasteiger partial charge in [0.2, 0.25) is 5.91 Å². The molecule has 0 fully saturated rings. The molecule has 2 aromatic rings. The number of fused-ring (bicyclic) bond motifs is 1. The first kappa shape index (κ1) is 21.9. The normalized spacial score (nSPS) is 12.7. The SMILES string of the molecule is CCCCC(CCC)CC(=O)Nc1cn(C(CO)CO)c2cccc(Br)c12. The van der Waals surface area contributed by atoms with Crippen LogP contribution in [0.3, 0.4) is 0 Å². The van der Waals surface area contributed by atoms with Gasteiger partial charge in [0.25, 0.3) is 0 Å². The molecule has 6 heteroatoms. The van der Waals surface area contributed by atoms with Gasteiger partial charge in [0.1, 0.15) is 0 Å². The maximum atomic E-state index is 12.7. The van der Waals surface area contributed by atoms with Gasteiger partial charge in [0.05, 0.1) is 30.5 Å². The zero-order valence-electron chi connectivity index (χ0n) is 16.2. The lowest BCUT2D eigenvalue weighted by Crippen LogP contribution is -2.17. The average molecular weight is 439 g/mol. The third-order valence-electron chi connectivity index (χ3n) is 5.03. The Bertz CT molecular complexity index is 740. The number of aromatic nitrogens is 1. The summed E-state index contributed by atoms with van der Waals surface area (Å²) in [4.78, 5) is 12.7. The lowest BCUT2D eigenvalue weighted by Gasteiger charge is -2.15. The third-order valence-corrected chi connectivity index (χ3v) is 5.69. The van der Waals surface area contributed by atoms with Gasteiger partial charge >= 0.3 is 0 Å². The molecular formula is C21H31BrN2O3. The minimum atomic E-state index is -0.440. The lowest BCUT2D eigenvalue weighted by atomic mass is 9.93. The first-order valence-electron chi connectivity index (χ1n) is 9.86. The van der Waals surface area contributed by atoms with Crippen molar-refractivity contribution in [3.63, 3.8) is 0 Å². The molecule has 5 nitrogen and oxygen atoms in total. The van der Waals surface area contributed by atoms with Gasteiger partial charge in [0, 0.05) is 22.5 Å². The van der Waals surface area contributed by atoms with E-state index in [1.807, 2.05) is 29.0 Å². The second-order valence-electron chi connectivity index (χ2n) is 7.15. The molecule has 0 aliphatic heterocycles. The number of aliphatic hydroxyl groups is 2. The first-order chi connectivity index (χ1) is 13.0. The number of aliphatic hydroxyl groups excluding tert-OH is 2. The minimum absolute atomic E-state index is 0.0175. The summed E-state index contributed by atoms with van der Waals surface area (Å²) < 4.78 is 2.70. The number of rotatable bonds is 11. The van der Waals surface area contributed by atoms with E-state index in [0.29, 0.717) is 18.0 Å². The molecule has 0 saturated carbocycles. The van der Waals surface area contributed by atoms with E-state index in [9.17, 15) is 15.0 Å². The Balaban J connectivity index is 2.26. The monoisotopic (exact) mass is 438 g/mol. The molecule has 1 atom stereocenters. The van der Waals surface area contributed by atoms with Gasteiger partial charge in [-0.2, -0.15) is 0 Å². The molecular weight excluding hydrogens is 408 g/mol. The van der Waals surface area contributed by atoms with E-state index in [0.717, 1.165) is 47.5 Å². The van der Waals surface area contributed by atoms with Crippen molar-refractivity contribution >= 4 is 38.4 Å². The average Bonchev–Trinajstić information content (AvgIpc) is 3.00. The maximum Gasteiger partial charge on any atom is 0.224 e. The van der Waals surface area contributed by atoms with Crippen LogP contribution in [0.15, 0.2) is 28.9 Å². The summed E-state index contributed by atoms with van der Waals surface area (Å²) in [6.45, 7) is 3.99. The number of carbonyl (C=O) groups is 1. The largest absolute Gasteiger partial charge is 0.394 e. The van der Waals surface area contributed by atoms with Gasteiger partial charge in [-0.1, -0.05) is 61.5 Å². The highest BCUT2D eigenvalue weighted by Gasteiger charge is 2.19. The van der Waals surface area contributed by atoms with E-state index in [2.05, 4.69) is 35.1 Å². The molecule has 0 bridgehead atoms. The topological polar surface area (TPSA) is 74.5 Å². The van der Waals surface area contributed by atoms with Crippen LogP contribution in [-0.2, 0) is 4.79 Å². The van der Waals surface area contributed by atoms with Crippen LogP contribution < -0.4 is 5.32 Å². The molecule has 3 N–H and O–H groups in total. The number of hydrogen-bond donors (Lipinski definition) is 3. The number of amides is 1. The molecule has 1 heterocycles. The zero-order chi connectivity index (χ0) is 19.8. The fourth-order valence-electron chi connectivity index (χ4n) is 3.61. The molecule has 2 rings (SSSR count). The second kappa shape index (κ2) is 10.8. The van der Waals surface area contributed by atoms with Crippen LogP contribution in [0.4, 0.5) is 5.69 Å². The van der Waals surface area contributed by atoms with Crippen LogP contribution in [-0.4, -0.2) is 33.9 Å². The quantitative estimate of drug-likeness (QED) is 0.468. The summed E-state index contributed by atoms with van der Waals surface area (Å²) in [5.41, 5.74) is 1.57. The Morgan fingerprint density at radius 2 is 1.93 bits per heavy atom. The third kappa shape index (κ3) is 5.56. The van der Waals surface area contributed by atoms with Crippen molar-refractivity contribution < 1.29 is 15.0 Å². The highest BCUT2D eigenvalue weighted by Crippen LogP contribution is 2.34. The number of anilines is 1. The van der Waals surface area contributed by atoms with Crippen molar-refractivity contribution in [3.05, 3.63) is 28.9 Å². The predicted octanol–water partition coefficient (Wildman–Crippen LogP) is 4.86. The van der Waals surface area contributed by atoms with Crippen molar-refractivity contribution in [3.8, 4) is 0 Å². The first-order valence-corrected chi connectivity index (χ1v) is 10.7. The Kier molecular flexibility index (Phi) is 8.80. The molecule has 0 radical (unpaired) electrons. The van der Waals surface area contributed by atoms with Gasteiger partial charge in [-0.25, -0.2) is 0 Å². The minimum Gasteiger partial charge on any atom is -0.394 e. The van der Waals surface area contributed by atoms with Gasteiger partial charge < -0.3 is 20.1 Å². The molecule has 0 spiro atoms. The van der Waals surface area contributed by atoms with E-state index >= 15 is 0 Å². The fraction of sp³-hybridized carbons (Fsp3) is 0.571. The fourth-order valence-corrected chi connectivity index (χ4v) is 4.18. The van der Waals surface area contributed by atoms with Crippen molar-refractivity contribution in [2.24, 2.45) is 5.92 Å². The molecule has 1 aromatic heterocycles. The Labute approximate surface area is 169 Å². The Morgan fingerprint density at radius 1 is 1.19 bits per heavy atom. The summed E-state index contributed by atoms with van der Waals surface area (Å²) in [6, 6.07) is 5.32. The summed E-state index contributed by atoms with van der Waals surface area (Å²) >= 11 is 3.56. The molecule has 150 valence electrons. The van der Waals surface area contributed by atoms with Gasteiger partial charge in [-0.3, -0.25) is 4.79 Å². The zero-order valence-corrected chi connectivity index (χ0v) is 17.8. The summed E-state index contributed by atoms with van der Waals surface area (Å²) in [5.74, 6) is 0.429. The second-order valence-corrected chi connectivity index (χ2v) is 8.01. The van der Waals surface area contributed by atoms with E-state index in [4.69, 9.17) is 0 Å². The van der Waals surface area contributed by atoms with E-state index in [-0.39, 0.29) is 19.1 Å². The van der Waals surface area contributed by atoms with E-state index in [1.165, 1.54) is 0 Å². The van der Waals surface area contributed by atoms with Crippen LogP contribution in [0, 0.1) is 5.92 Å². The van der Waals surface area contributed by atoms with Crippen LogP contribution in [0.5, 0.6) is 0 Å². The Hall–Kier alpha value is -1.37. The molecule has 1 amide bonds. The number of nitrogens with one attached hydrogen (secondary N) is 1. The van der Waals surface area contributed by atoms with Crippen LogP contribution in [0.1, 0.15) is 58.4 Å². The van der Waals surface area contributed by atoms with Crippen LogP contribution >= 0.6 is 15.9 Å². The number of unbranched alkanes of at least 4 members (excludes halogenated alkanes) is 1. The van der Waals surface area contributed by atoms with Gasteiger partial charge in [-0.15, -0.1) is 0 Å². The number of carbonyl (C=O) groups excluding carboxylic acids is 1. The van der Waals surface area contributed by atoms with Crippen molar-refractivity contribution in [1.82, 2.24) is 4.57 Å². The number of nitrogens with zero attached hydrogens (tertiary/aromatic N) is 1. The van der Waals surface area contributed by atoms with Gasteiger partial charge in [0.15, 0.2) is 0 Å². The van der Waals surface area contributed by atoms with E-state index in [1.54, 1.807) is 0 Å². The maximum absolute atomic E-state index is 12.7. The molecule has 27 heavy (non-hydrogen) atoms. The molecule has 0 aliphatic carbocycles. The lowest BCUT2D eigenvalue weighted by molar-refractivity contribution is -0.117. The molecule has 1 aromatic carbocycles. The Morgan fingerprint density at radius 3 is 2.56 bits per heavy atom. The highest BCUT2D eigenvalue weighted by atomic mass is 79.9. The number of benzene rings is 1. The molecule has 0 saturated heterocycles. The van der Waals surface area contributed by atoms with Crippen molar-refractivity contribution in [2.75, 3.05) is 18.5 Å².